The predicted molar refractivity (Wildman–Crippen MR) is 116 cm³/mol. The maximum absolute atomic E-state index is 13.6. The number of pyridine rings is 1. The van der Waals surface area contributed by atoms with Gasteiger partial charge in [0, 0.05) is 30.7 Å². The zero-order chi connectivity index (χ0) is 21.2. The Morgan fingerprint density at radius 3 is 2.83 bits per heavy atom. The Balaban J connectivity index is 1.82. The number of nitrogens with one attached hydrogen (secondary N) is 1. The van der Waals surface area contributed by atoms with Crippen molar-refractivity contribution in [3.8, 4) is 11.1 Å². The normalized spacial score (nSPS) is 19.4. The van der Waals surface area contributed by atoms with Gasteiger partial charge in [-0.1, -0.05) is 11.8 Å². The van der Waals surface area contributed by atoms with E-state index in [9.17, 15) is 13.6 Å². The molecule has 11 heteroatoms. The van der Waals surface area contributed by atoms with Gasteiger partial charge in [-0.2, -0.15) is 5.10 Å². The number of rotatable bonds is 3. The number of hydrogen-bond acceptors (Lipinski definition) is 6. The van der Waals surface area contributed by atoms with E-state index >= 15 is 0 Å². The highest BCUT2D eigenvalue weighted by Gasteiger charge is 2.41. The van der Waals surface area contributed by atoms with Crippen molar-refractivity contribution in [2.75, 3.05) is 11.9 Å². The fourth-order valence-corrected chi connectivity index (χ4v) is 5.97. The van der Waals surface area contributed by atoms with Gasteiger partial charge < -0.3 is 5.32 Å². The number of amides is 1. The molecule has 0 saturated carbocycles. The number of anilines is 1. The van der Waals surface area contributed by atoms with E-state index in [0.717, 1.165) is 10.4 Å². The molecule has 2 aliphatic heterocycles. The molecule has 0 bridgehead atoms. The van der Waals surface area contributed by atoms with Gasteiger partial charge in [0.05, 0.1) is 22.0 Å². The first-order valence-electron chi connectivity index (χ1n) is 9.24. The summed E-state index contributed by atoms with van der Waals surface area (Å²) in [4.78, 5) is 27.0. The number of aliphatic imine (C=N–C) groups is 2. The molecule has 5 rings (SSSR count). The van der Waals surface area contributed by atoms with Gasteiger partial charge in [0.25, 0.3) is 6.43 Å². The Kier molecular flexibility index (Phi) is 4.47. The van der Waals surface area contributed by atoms with E-state index in [1.165, 1.54) is 29.2 Å². The second kappa shape index (κ2) is 6.95. The van der Waals surface area contributed by atoms with Crippen molar-refractivity contribution in [1.82, 2.24) is 14.8 Å². The lowest BCUT2D eigenvalue weighted by atomic mass is 9.99. The van der Waals surface area contributed by atoms with Crippen molar-refractivity contribution in [1.29, 1.82) is 0 Å². The molecule has 1 unspecified atom stereocenters. The zero-order valence-corrected chi connectivity index (χ0v) is 17.9. The zero-order valence-electron chi connectivity index (χ0n) is 16.2. The quantitative estimate of drug-likeness (QED) is 0.654. The first-order chi connectivity index (χ1) is 14.4. The van der Waals surface area contributed by atoms with Gasteiger partial charge in [-0.15, -0.1) is 11.3 Å². The van der Waals surface area contributed by atoms with E-state index in [0.29, 0.717) is 44.6 Å². The number of aryl methyl sites for hydroxylation is 2. The molecular formula is C19H16F2N6OS2. The van der Waals surface area contributed by atoms with Gasteiger partial charge in [0.1, 0.15) is 15.8 Å². The van der Waals surface area contributed by atoms with E-state index in [1.807, 2.05) is 13.8 Å². The lowest BCUT2D eigenvalue weighted by Crippen LogP contribution is -2.35. The minimum absolute atomic E-state index is 0.195. The summed E-state index contributed by atoms with van der Waals surface area (Å²) in [7, 11) is 1.78. The number of carbonyl (C=O) groups excluding carboxylic acids is 1. The van der Waals surface area contributed by atoms with Gasteiger partial charge >= 0.3 is 0 Å². The summed E-state index contributed by atoms with van der Waals surface area (Å²) < 4.78 is 28.8. The minimum atomic E-state index is -2.71. The molecule has 0 aromatic carbocycles. The number of nitrogens with zero attached hydrogens (tertiary/aromatic N) is 5. The number of halogens is 2. The Hall–Kier alpha value is -2.66. The lowest BCUT2D eigenvalue weighted by molar-refractivity contribution is -0.114. The molecule has 0 radical (unpaired) electrons. The molecule has 7 nitrogen and oxygen atoms in total. The highest BCUT2D eigenvalue weighted by atomic mass is 32.2. The van der Waals surface area contributed by atoms with Crippen LogP contribution in [-0.2, 0) is 11.8 Å². The third-order valence-corrected chi connectivity index (χ3v) is 7.12. The molecule has 154 valence electrons. The van der Waals surface area contributed by atoms with Crippen molar-refractivity contribution in [2.24, 2.45) is 17.0 Å². The summed E-state index contributed by atoms with van der Waals surface area (Å²) in [6.07, 6.45) is -0.930. The molecule has 2 aliphatic rings. The van der Waals surface area contributed by atoms with Crippen LogP contribution in [0.1, 0.15) is 29.6 Å². The van der Waals surface area contributed by atoms with Crippen molar-refractivity contribution in [3.05, 3.63) is 28.5 Å². The molecule has 0 spiro atoms. The van der Waals surface area contributed by atoms with Crippen LogP contribution in [0.25, 0.3) is 21.3 Å². The number of aromatic nitrogens is 3. The fourth-order valence-electron chi connectivity index (χ4n) is 3.70. The van der Waals surface area contributed by atoms with Crippen molar-refractivity contribution >= 4 is 55.8 Å². The summed E-state index contributed by atoms with van der Waals surface area (Å²) in [6.45, 7) is 4.29. The number of amidine groups is 1. The number of thiophene rings is 1. The maximum atomic E-state index is 13.6. The van der Waals surface area contributed by atoms with Crippen LogP contribution >= 0.6 is 23.1 Å². The van der Waals surface area contributed by atoms with E-state index in [-0.39, 0.29) is 11.6 Å². The molecule has 3 aromatic rings. The van der Waals surface area contributed by atoms with Crippen molar-refractivity contribution in [2.45, 2.75) is 25.5 Å². The monoisotopic (exact) mass is 446 g/mol. The molecule has 0 fully saturated rings. The molecule has 0 saturated heterocycles. The Morgan fingerprint density at radius 1 is 1.37 bits per heavy atom. The van der Waals surface area contributed by atoms with Crippen LogP contribution in [0.4, 0.5) is 14.5 Å². The van der Waals surface area contributed by atoms with Crippen molar-refractivity contribution in [3.63, 3.8) is 0 Å². The van der Waals surface area contributed by atoms with Gasteiger partial charge in [-0.3, -0.25) is 14.5 Å². The van der Waals surface area contributed by atoms with Gasteiger partial charge in [-0.05, 0) is 25.5 Å². The average Bonchev–Trinajstić information content (AvgIpc) is 3.36. The smallest absolute Gasteiger partial charge is 0.280 e. The Bertz CT molecular complexity index is 1280. The maximum Gasteiger partial charge on any atom is 0.280 e. The molecule has 30 heavy (non-hydrogen) atoms. The van der Waals surface area contributed by atoms with Crippen LogP contribution in [-0.4, -0.2) is 43.3 Å². The minimum Gasteiger partial charge on any atom is -0.323 e. The second-order valence-corrected chi connectivity index (χ2v) is 9.00. The van der Waals surface area contributed by atoms with Crippen LogP contribution < -0.4 is 5.32 Å². The third-order valence-electron chi connectivity index (χ3n) is 4.91. The van der Waals surface area contributed by atoms with E-state index in [2.05, 4.69) is 25.4 Å². The van der Waals surface area contributed by atoms with Crippen LogP contribution in [0.5, 0.6) is 0 Å². The lowest BCUT2D eigenvalue weighted by Gasteiger charge is -2.19. The highest BCUT2D eigenvalue weighted by Crippen LogP contribution is 2.47. The Morgan fingerprint density at radius 2 is 2.17 bits per heavy atom. The molecular weight excluding hydrogens is 430 g/mol. The van der Waals surface area contributed by atoms with Crippen LogP contribution in [0.15, 0.2) is 22.2 Å². The van der Waals surface area contributed by atoms with Gasteiger partial charge in [0.2, 0.25) is 5.91 Å². The molecule has 1 amide bonds. The topological polar surface area (TPSA) is 84.5 Å². The molecule has 1 atom stereocenters. The largest absolute Gasteiger partial charge is 0.323 e. The fraction of sp³-hybridized carbons (Fsp3) is 0.316. The highest BCUT2D eigenvalue weighted by molar-refractivity contribution is 8.16. The van der Waals surface area contributed by atoms with Crippen LogP contribution in [0.2, 0.25) is 0 Å². The van der Waals surface area contributed by atoms with E-state index < -0.39 is 11.7 Å². The third kappa shape index (κ3) is 2.87. The SMILES string of the molecule is CCN=C1N=C2c3sc4nc(C(F)F)cc(-c5cn(C)nc5C)c4c3NC(=O)C2S1. The summed E-state index contributed by atoms with van der Waals surface area (Å²) >= 11 is 2.57. The number of alkyl halides is 2. The second-order valence-electron chi connectivity index (χ2n) is 6.92. The summed E-state index contributed by atoms with van der Waals surface area (Å²) in [5.74, 6) is -0.195. The first kappa shape index (κ1) is 19.3. The average molecular weight is 447 g/mol. The van der Waals surface area contributed by atoms with Gasteiger partial charge in [0.15, 0.2) is 5.17 Å². The number of hydrogen-bond donors (Lipinski definition) is 1. The summed E-state index contributed by atoms with van der Waals surface area (Å²) in [5.41, 5.74) is 2.88. The molecule has 5 heterocycles. The van der Waals surface area contributed by atoms with Gasteiger partial charge in [-0.25, -0.2) is 18.8 Å². The summed E-state index contributed by atoms with van der Waals surface area (Å²) in [5, 5.41) is 8.01. The first-order valence-corrected chi connectivity index (χ1v) is 10.9. The standard InChI is InChI=1S/C19H16F2N6OS2/c1-4-22-19-25-13-14-12(24-17(28)15(13)30-19)11-8(9-6-27(3)26-7(9)2)5-10(16(20)21)23-18(11)29-14/h5-6,15-16H,4H2,1-3H3,(H,24,28). The Labute approximate surface area is 178 Å². The van der Waals surface area contributed by atoms with E-state index in [1.54, 1.807) is 17.9 Å². The number of fused-ring (bicyclic) bond motifs is 5. The van der Waals surface area contributed by atoms with Crippen LogP contribution in [0.3, 0.4) is 0 Å². The molecule has 1 N–H and O–H groups in total. The predicted octanol–water partition coefficient (Wildman–Crippen LogP) is 4.18. The van der Waals surface area contributed by atoms with Crippen molar-refractivity contribution < 1.29 is 13.6 Å². The van der Waals surface area contributed by atoms with Crippen LogP contribution in [0, 0.1) is 6.92 Å². The summed E-state index contributed by atoms with van der Waals surface area (Å²) in [6, 6.07) is 1.39. The molecule has 3 aromatic heterocycles. The van der Waals surface area contributed by atoms with E-state index in [4.69, 9.17) is 0 Å². The number of thioether (sulfide) groups is 1. The number of carbonyl (C=O) groups is 1. The molecule has 0 aliphatic carbocycles.